The minimum absolute atomic E-state index is 0.0551. The summed E-state index contributed by atoms with van der Waals surface area (Å²) in [4.78, 5) is 12.2. The molecule has 1 heterocycles. The van der Waals surface area contributed by atoms with E-state index in [9.17, 15) is 9.90 Å². The summed E-state index contributed by atoms with van der Waals surface area (Å²) in [5, 5.41) is 16.7. The van der Waals surface area contributed by atoms with Crippen molar-refractivity contribution in [3.63, 3.8) is 0 Å². The second-order valence-electron chi connectivity index (χ2n) is 7.04. The predicted octanol–water partition coefficient (Wildman–Crippen LogP) is 3.42. The Morgan fingerprint density at radius 2 is 1.96 bits per heavy atom. The molecule has 0 saturated heterocycles. The third-order valence-corrected chi connectivity index (χ3v) is 4.21. The zero-order valence-electron chi connectivity index (χ0n) is 15.6. The van der Waals surface area contributed by atoms with Crippen molar-refractivity contribution in [2.24, 2.45) is 0 Å². The number of carbonyl (C=O) groups is 1. The van der Waals surface area contributed by atoms with E-state index in [1.807, 2.05) is 52.0 Å². The summed E-state index contributed by atoms with van der Waals surface area (Å²) in [6, 6.07) is 9.46. The van der Waals surface area contributed by atoms with E-state index >= 15 is 0 Å². The molecule has 0 spiro atoms. The number of furan rings is 1. The van der Waals surface area contributed by atoms with Crippen LogP contribution in [0, 0.1) is 20.8 Å². The predicted molar refractivity (Wildman–Crippen MR) is 99.6 cm³/mol. The zero-order valence-corrected chi connectivity index (χ0v) is 15.6. The standard InChI is InChI=1S/C20H28N2O3/c1-13-6-8-17(14(2)10-13)22-19(23)11-15(3)21-12-20(5,24)18-9-7-16(4)25-18/h6-10,15,21,24H,11-12H2,1-5H3,(H,22,23). The molecule has 0 fully saturated rings. The molecule has 136 valence electrons. The largest absolute Gasteiger partial charge is 0.463 e. The Balaban J connectivity index is 1.85. The Kier molecular flexibility index (Phi) is 6.03. The molecule has 0 saturated carbocycles. The first-order valence-electron chi connectivity index (χ1n) is 8.57. The molecule has 25 heavy (non-hydrogen) atoms. The van der Waals surface area contributed by atoms with Gasteiger partial charge in [0.15, 0.2) is 0 Å². The molecule has 2 unspecified atom stereocenters. The fraction of sp³-hybridized carbons (Fsp3) is 0.450. The molecule has 0 bridgehead atoms. The van der Waals surface area contributed by atoms with E-state index in [-0.39, 0.29) is 11.9 Å². The number of anilines is 1. The average Bonchev–Trinajstić information content (AvgIpc) is 2.96. The van der Waals surface area contributed by atoms with Gasteiger partial charge in [0, 0.05) is 24.7 Å². The molecule has 1 amide bonds. The maximum Gasteiger partial charge on any atom is 0.225 e. The Morgan fingerprint density at radius 1 is 1.24 bits per heavy atom. The molecule has 2 aromatic rings. The van der Waals surface area contributed by atoms with Crippen molar-refractivity contribution in [2.75, 3.05) is 11.9 Å². The van der Waals surface area contributed by atoms with Gasteiger partial charge in [-0.3, -0.25) is 4.79 Å². The summed E-state index contributed by atoms with van der Waals surface area (Å²) >= 11 is 0. The Bertz CT molecular complexity index is 734. The van der Waals surface area contributed by atoms with Gasteiger partial charge in [-0.25, -0.2) is 0 Å². The summed E-state index contributed by atoms with van der Waals surface area (Å²) in [6.07, 6.45) is 0.320. The van der Waals surface area contributed by atoms with Crippen LogP contribution in [-0.2, 0) is 10.4 Å². The van der Waals surface area contributed by atoms with Crippen LogP contribution >= 0.6 is 0 Å². The molecule has 2 atom stereocenters. The molecule has 5 heteroatoms. The lowest BCUT2D eigenvalue weighted by Crippen LogP contribution is -2.40. The fourth-order valence-electron chi connectivity index (χ4n) is 2.69. The summed E-state index contributed by atoms with van der Waals surface area (Å²) in [6.45, 7) is 9.76. The maximum absolute atomic E-state index is 12.2. The van der Waals surface area contributed by atoms with Crippen molar-refractivity contribution in [3.8, 4) is 0 Å². The van der Waals surface area contributed by atoms with Gasteiger partial charge in [0.25, 0.3) is 0 Å². The number of carbonyl (C=O) groups excluding carboxylic acids is 1. The van der Waals surface area contributed by atoms with E-state index in [2.05, 4.69) is 10.6 Å². The lowest BCUT2D eigenvalue weighted by atomic mass is 10.0. The highest BCUT2D eigenvalue weighted by Crippen LogP contribution is 2.22. The molecule has 0 aliphatic heterocycles. The average molecular weight is 344 g/mol. The van der Waals surface area contributed by atoms with Gasteiger partial charge in [-0.1, -0.05) is 17.7 Å². The number of hydrogen-bond acceptors (Lipinski definition) is 4. The molecule has 0 radical (unpaired) electrons. The van der Waals surface area contributed by atoms with Crippen LogP contribution in [0.15, 0.2) is 34.7 Å². The fourth-order valence-corrected chi connectivity index (χ4v) is 2.69. The van der Waals surface area contributed by atoms with E-state index in [4.69, 9.17) is 4.42 Å². The number of amides is 1. The minimum atomic E-state index is -1.12. The molecular weight excluding hydrogens is 316 g/mol. The van der Waals surface area contributed by atoms with Crippen molar-refractivity contribution in [1.82, 2.24) is 5.32 Å². The van der Waals surface area contributed by atoms with Gasteiger partial charge in [-0.15, -0.1) is 0 Å². The van der Waals surface area contributed by atoms with Gasteiger partial charge in [-0.2, -0.15) is 0 Å². The van der Waals surface area contributed by atoms with Gasteiger partial charge in [-0.05, 0) is 58.4 Å². The SMILES string of the molecule is Cc1ccc(NC(=O)CC(C)NCC(C)(O)c2ccc(C)o2)c(C)c1. The third kappa shape index (κ3) is 5.44. The van der Waals surface area contributed by atoms with Crippen LogP contribution in [0.3, 0.4) is 0 Å². The highest BCUT2D eigenvalue weighted by atomic mass is 16.4. The molecule has 0 aliphatic rings. The Labute approximate surface area is 149 Å². The van der Waals surface area contributed by atoms with Gasteiger partial charge in [0.2, 0.25) is 5.91 Å². The highest BCUT2D eigenvalue weighted by molar-refractivity contribution is 5.91. The molecule has 5 nitrogen and oxygen atoms in total. The first kappa shape index (κ1) is 19.2. The van der Waals surface area contributed by atoms with Crippen LogP contribution in [0.5, 0.6) is 0 Å². The first-order chi connectivity index (χ1) is 11.7. The highest BCUT2D eigenvalue weighted by Gasteiger charge is 2.27. The van der Waals surface area contributed by atoms with Crippen LogP contribution in [0.25, 0.3) is 0 Å². The third-order valence-electron chi connectivity index (χ3n) is 4.21. The van der Waals surface area contributed by atoms with Crippen LogP contribution in [0.4, 0.5) is 5.69 Å². The van der Waals surface area contributed by atoms with Gasteiger partial charge < -0.3 is 20.2 Å². The molecule has 2 rings (SSSR count). The smallest absolute Gasteiger partial charge is 0.225 e. The number of nitrogens with one attached hydrogen (secondary N) is 2. The number of hydrogen-bond donors (Lipinski definition) is 3. The van der Waals surface area contributed by atoms with Gasteiger partial charge in [0.05, 0.1) is 0 Å². The van der Waals surface area contributed by atoms with Crippen molar-refractivity contribution >= 4 is 11.6 Å². The molecular formula is C20H28N2O3. The van der Waals surface area contributed by atoms with E-state index in [1.54, 1.807) is 13.0 Å². The Morgan fingerprint density at radius 3 is 2.56 bits per heavy atom. The number of aliphatic hydroxyl groups is 1. The van der Waals surface area contributed by atoms with Gasteiger partial charge in [0.1, 0.15) is 17.1 Å². The number of benzene rings is 1. The van der Waals surface area contributed by atoms with Crippen LogP contribution < -0.4 is 10.6 Å². The number of rotatable bonds is 7. The van der Waals surface area contributed by atoms with Crippen molar-refractivity contribution in [3.05, 3.63) is 53.0 Å². The quantitative estimate of drug-likeness (QED) is 0.719. The second kappa shape index (κ2) is 7.85. The van der Waals surface area contributed by atoms with E-state index in [0.29, 0.717) is 18.7 Å². The van der Waals surface area contributed by atoms with Crippen molar-refractivity contribution < 1.29 is 14.3 Å². The summed E-state index contributed by atoms with van der Waals surface area (Å²) in [5.41, 5.74) is 1.93. The molecule has 0 aliphatic carbocycles. The molecule has 1 aromatic carbocycles. The van der Waals surface area contributed by atoms with Crippen LogP contribution in [0.2, 0.25) is 0 Å². The van der Waals surface area contributed by atoms with E-state index < -0.39 is 5.60 Å². The summed E-state index contributed by atoms with van der Waals surface area (Å²) < 4.78 is 5.49. The molecule has 3 N–H and O–H groups in total. The van der Waals surface area contributed by atoms with Crippen LogP contribution in [0.1, 0.15) is 42.9 Å². The van der Waals surface area contributed by atoms with Gasteiger partial charge >= 0.3 is 0 Å². The van der Waals surface area contributed by atoms with E-state index in [1.165, 1.54) is 5.56 Å². The summed E-state index contributed by atoms with van der Waals surface area (Å²) in [7, 11) is 0. The zero-order chi connectivity index (χ0) is 18.6. The summed E-state index contributed by atoms with van der Waals surface area (Å²) in [5.74, 6) is 1.22. The number of aryl methyl sites for hydroxylation is 3. The minimum Gasteiger partial charge on any atom is -0.463 e. The van der Waals surface area contributed by atoms with Crippen molar-refractivity contribution in [2.45, 2.75) is 52.7 Å². The van der Waals surface area contributed by atoms with Crippen LogP contribution in [-0.4, -0.2) is 23.6 Å². The lowest BCUT2D eigenvalue weighted by Gasteiger charge is -2.24. The topological polar surface area (TPSA) is 74.5 Å². The Hall–Kier alpha value is -2.11. The monoisotopic (exact) mass is 344 g/mol. The van der Waals surface area contributed by atoms with E-state index in [0.717, 1.165) is 17.0 Å². The first-order valence-corrected chi connectivity index (χ1v) is 8.57. The normalized spacial score (nSPS) is 14.8. The maximum atomic E-state index is 12.2. The second-order valence-corrected chi connectivity index (χ2v) is 7.04. The lowest BCUT2D eigenvalue weighted by molar-refractivity contribution is -0.116. The molecule has 1 aromatic heterocycles. The van der Waals surface area contributed by atoms with Crippen molar-refractivity contribution in [1.29, 1.82) is 0 Å².